The van der Waals surface area contributed by atoms with Gasteiger partial charge in [-0.2, -0.15) is 0 Å². The summed E-state index contributed by atoms with van der Waals surface area (Å²) >= 11 is 0. The second-order valence-corrected chi connectivity index (χ2v) is 5.32. The number of rotatable bonds is 5. The fourth-order valence-corrected chi connectivity index (χ4v) is 2.96. The Morgan fingerprint density at radius 1 is 1.32 bits per heavy atom. The van der Waals surface area contributed by atoms with Crippen LogP contribution in [-0.2, 0) is 4.74 Å². The highest BCUT2D eigenvalue weighted by Crippen LogP contribution is 2.34. The molecule has 2 atom stereocenters. The molecule has 1 aliphatic rings. The average molecular weight is 263 g/mol. The number of morpholine rings is 1. The maximum atomic E-state index is 5.87. The van der Waals surface area contributed by atoms with Gasteiger partial charge in [-0.1, -0.05) is 37.3 Å². The molecule has 1 aromatic carbocycles. The Labute approximate surface area is 115 Å². The van der Waals surface area contributed by atoms with E-state index in [1.54, 1.807) is 0 Å². The third-order valence-corrected chi connectivity index (χ3v) is 4.37. The van der Waals surface area contributed by atoms with Crippen LogP contribution in [0.2, 0.25) is 0 Å². The molecule has 3 N–H and O–H groups in total. The standard InChI is InChI=1S/C15H25N3O/c1-3-15(2,18-9-11-19-12-10-18)14(17-16)13-7-5-4-6-8-13/h4-8,14,17H,3,9-12,16H2,1-2H3. The van der Waals surface area contributed by atoms with E-state index in [9.17, 15) is 0 Å². The van der Waals surface area contributed by atoms with E-state index in [0.29, 0.717) is 0 Å². The van der Waals surface area contributed by atoms with Crippen molar-refractivity contribution in [2.45, 2.75) is 31.8 Å². The summed E-state index contributed by atoms with van der Waals surface area (Å²) in [6.07, 6.45) is 1.04. The number of nitrogens with two attached hydrogens (primary N) is 1. The molecule has 4 nitrogen and oxygen atoms in total. The Hall–Kier alpha value is -0.940. The van der Waals surface area contributed by atoms with Crippen molar-refractivity contribution in [3.8, 4) is 0 Å². The molecule has 1 saturated heterocycles. The van der Waals surface area contributed by atoms with Gasteiger partial charge in [0.2, 0.25) is 0 Å². The molecule has 0 bridgehead atoms. The van der Waals surface area contributed by atoms with E-state index in [-0.39, 0.29) is 11.6 Å². The lowest BCUT2D eigenvalue weighted by molar-refractivity contribution is -0.0329. The molecular formula is C15H25N3O. The molecule has 1 aromatic rings. The van der Waals surface area contributed by atoms with Crippen LogP contribution in [0.4, 0.5) is 0 Å². The van der Waals surface area contributed by atoms with Gasteiger partial charge in [-0.25, -0.2) is 0 Å². The third kappa shape index (κ3) is 2.98. The van der Waals surface area contributed by atoms with Crippen LogP contribution in [0, 0.1) is 0 Å². The van der Waals surface area contributed by atoms with E-state index >= 15 is 0 Å². The van der Waals surface area contributed by atoms with Gasteiger partial charge >= 0.3 is 0 Å². The zero-order valence-electron chi connectivity index (χ0n) is 11.9. The van der Waals surface area contributed by atoms with Crippen molar-refractivity contribution in [1.29, 1.82) is 0 Å². The molecule has 0 aromatic heterocycles. The zero-order chi connectivity index (χ0) is 13.7. The molecule has 1 heterocycles. The molecule has 19 heavy (non-hydrogen) atoms. The molecule has 0 amide bonds. The molecule has 0 radical (unpaired) electrons. The number of nitrogens with one attached hydrogen (secondary N) is 1. The van der Waals surface area contributed by atoms with E-state index in [4.69, 9.17) is 10.6 Å². The largest absolute Gasteiger partial charge is 0.379 e. The fraction of sp³-hybridized carbons (Fsp3) is 0.600. The Balaban J connectivity index is 2.26. The maximum absolute atomic E-state index is 5.87. The van der Waals surface area contributed by atoms with Crippen LogP contribution in [0.15, 0.2) is 30.3 Å². The summed E-state index contributed by atoms with van der Waals surface area (Å²) in [5.74, 6) is 5.87. The smallest absolute Gasteiger partial charge is 0.0641 e. The van der Waals surface area contributed by atoms with Gasteiger partial charge in [0.05, 0.1) is 19.3 Å². The van der Waals surface area contributed by atoms with Gasteiger partial charge in [0.15, 0.2) is 0 Å². The van der Waals surface area contributed by atoms with E-state index in [2.05, 4.69) is 48.4 Å². The van der Waals surface area contributed by atoms with Crippen molar-refractivity contribution >= 4 is 0 Å². The minimum absolute atomic E-state index is 0.000116. The number of hydrazine groups is 1. The summed E-state index contributed by atoms with van der Waals surface area (Å²) in [5.41, 5.74) is 4.26. The van der Waals surface area contributed by atoms with Crippen LogP contribution >= 0.6 is 0 Å². The summed E-state index contributed by atoms with van der Waals surface area (Å²) in [5, 5.41) is 0. The first-order chi connectivity index (χ1) is 9.22. The molecule has 0 aliphatic carbocycles. The van der Waals surface area contributed by atoms with Crippen LogP contribution in [0.5, 0.6) is 0 Å². The molecule has 2 rings (SSSR count). The second kappa shape index (κ2) is 6.48. The monoisotopic (exact) mass is 263 g/mol. The normalized spacial score (nSPS) is 21.8. The van der Waals surface area contributed by atoms with Gasteiger partial charge in [-0.15, -0.1) is 0 Å². The highest BCUT2D eigenvalue weighted by atomic mass is 16.5. The van der Waals surface area contributed by atoms with Crippen molar-refractivity contribution in [2.75, 3.05) is 26.3 Å². The molecule has 2 unspecified atom stereocenters. The van der Waals surface area contributed by atoms with E-state index in [1.165, 1.54) is 5.56 Å². The van der Waals surface area contributed by atoms with Gasteiger partial charge in [0, 0.05) is 18.6 Å². The Morgan fingerprint density at radius 2 is 1.95 bits per heavy atom. The van der Waals surface area contributed by atoms with E-state index in [0.717, 1.165) is 32.7 Å². The van der Waals surface area contributed by atoms with Gasteiger partial charge in [0.25, 0.3) is 0 Å². The van der Waals surface area contributed by atoms with Gasteiger partial charge in [-0.3, -0.25) is 16.2 Å². The van der Waals surface area contributed by atoms with Crippen molar-refractivity contribution in [3.63, 3.8) is 0 Å². The molecule has 0 saturated carbocycles. The predicted molar refractivity (Wildman–Crippen MR) is 77.6 cm³/mol. The van der Waals surface area contributed by atoms with Gasteiger partial charge in [-0.05, 0) is 18.9 Å². The quantitative estimate of drug-likeness (QED) is 0.627. The van der Waals surface area contributed by atoms with Crippen molar-refractivity contribution in [1.82, 2.24) is 10.3 Å². The van der Waals surface area contributed by atoms with Crippen LogP contribution < -0.4 is 11.3 Å². The molecule has 1 fully saturated rings. The first-order valence-corrected chi connectivity index (χ1v) is 7.06. The molecule has 106 valence electrons. The third-order valence-electron chi connectivity index (χ3n) is 4.37. The van der Waals surface area contributed by atoms with Crippen molar-refractivity contribution in [3.05, 3.63) is 35.9 Å². The minimum atomic E-state index is -0.000116. The molecule has 0 spiro atoms. The molecule has 1 aliphatic heterocycles. The van der Waals surface area contributed by atoms with Crippen molar-refractivity contribution < 1.29 is 4.74 Å². The predicted octanol–water partition coefficient (Wildman–Crippen LogP) is 1.69. The highest BCUT2D eigenvalue weighted by molar-refractivity contribution is 5.23. The lowest BCUT2D eigenvalue weighted by Gasteiger charge is -2.47. The summed E-state index contributed by atoms with van der Waals surface area (Å²) in [6, 6.07) is 10.6. The van der Waals surface area contributed by atoms with Gasteiger partial charge in [0.1, 0.15) is 0 Å². The highest BCUT2D eigenvalue weighted by Gasteiger charge is 2.39. The zero-order valence-corrected chi connectivity index (χ0v) is 11.9. The Kier molecular flexibility index (Phi) is 4.93. The first-order valence-electron chi connectivity index (χ1n) is 7.06. The maximum Gasteiger partial charge on any atom is 0.0641 e. The van der Waals surface area contributed by atoms with Gasteiger partial charge < -0.3 is 4.74 Å². The topological polar surface area (TPSA) is 50.5 Å². The molecule has 4 heteroatoms. The van der Waals surface area contributed by atoms with Crippen LogP contribution in [-0.4, -0.2) is 36.7 Å². The number of hydrogen-bond acceptors (Lipinski definition) is 4. The number of ether oxygens (including phenoxy) is 1. The Bertz CT molecular complexity index is 378. The lowest BCUT2D eigenvalue weighted by Crippen LogP contribution is -2.58. The molecular weight excluding hydrogens is 238 g/mol. The Morgan fingerprint density at radius 3 is 2.47 bits per heavy atom. The van der Waals surface area contributed by atoms with Crippen molar-refractivity contribution in [2.24, 2.45) is 5.84 Å². The lowest BCUT2D eigenvalue weighted by atomic mass is 9.83. The van der Waals surface area contributed by atoms with Crippen LogP contribution in [0.3, 0.4) is 0 Å². The SMILES string of the molecule is CCC(C)(C(NN)c1ccccc1)N1CCOCC1. The van der Waals surface area contributed by atoms with E-state index in [1.807, 2.05) is 6.07 Å². The van der Waals surface area contributed by atoms with Crippen LogP contribution in [0.1, 0.15) is 31.9 Å². The van der Waals surface area contributed by atoms with Crippen LogP contribution in [0.25, 0.3) is 0 Å². The summed E-state index contributed by atoms with van der Waals surface area (Å²) in [4.78, 5) is 2.49. The number of hydrogen-bond donors (Lipinski definition) is 2. The first kappa shape index (κ1) is 14.5. The minimum Gasteiger partial charge on any atom is -0.379 e. The van der Waals surface area contributed by atoms with E-state index < -0.39 is 0 Å². The summed E-state index contributed by atoms with van der Waals surface area (Å²) < 4.78 is 5.47. The number of nitrogens with zero attached hydrogens (tertiary/aromatic N) is 1. The second-order valence-electron chi connectivity index (χ2n) is 5.32. The summed E-state index contributed by atoms with van der Waals surface area (Å²) in [7, 11) is 0. The average Bonchev–Trinajstić information content (AvgIpc) is 2.49. The number of benzene rings is 1. The fourth-order valence-electron chi connectivity index (χ4n) is 2.96. The summed E-state index contributed by atoms with van der Waals surface area (Å²) in [6.45, 7) is 8.06.